The van der Waals surface area contributed by atoms with Crippen LogP contribution in [0.2, 0.25) is 0 Å². The maximum atomic E-state index is 13.3. The Morgan fingerprint density at radius 1 is 0.938 bits per heavy atom. The molecule has 9 heteroatoms. The van der Waals surface area contributed by atoms with Crippen molar-refractivity contribution in [2.45, 2.75) is 11.3 Å². The summed E-state index contributed by atoms with van der Waals surface area (Å²) in [6.07, 6.45) is 0.439. The number of nitrogens with one attached hydrogen (secondary N) is 2. The number of carbonyl (C=O) groups excluding carboxylic acids is 1. The third-order valence-electron chi connectivity index (χ3n) is 4.83. The van der Waals surface area contributed by atoms with E-state index >= 15 is 0 Å². The van der Waals surface area contributed by atoms with Crippen LogP contribution in [-0.2, 0) is 16.4 Å². The predicted octanol–water partition coefficient (Wildman–Crippen LogP) is 3.37. The van der Waals surface area contributed by atoms with E-state index in [1.165, 1.54) is 42.5 Å². The van der Waals surface area contributed by atoms with Crippen LogP contribution in [0.25, 0.3) is 0 Å². The van der Waals surface area contributed by atoms with Gasteiger partial charge in [-0.15, -0.1) is 0 Å². The van der Waals surface area contributed by atoms with Crippen molar-refractivity contribution in [1.82, 2.24) is 5.32 Å². The fourth-order valence-electron chi connectivity index (χ4n) is 3.27. The molecule has 0 aliphatic carbocycles. The highest BCUT2D eigenvalue weighted by atomic mass is 32.2. The number of anilines is 1. The lowest BCUT2D eigenvalue weighted by atomic mass is 10.1. The smallest absolute Gasteiger partial charge is 0.262 e. The lowest BCUT2D eigenvalue weighted by Crippen LogP contribution is -2.27. The number of halogens is 1. The number of hydrogen-bond donors (Lipinski definition) is 2. The summed E-state index contributed by atoms with van der Waals surface area (Å²) in [6, 6.07) is 16.8. The first-order valence-corrected chi connectivity index (χ1v) is 11.4. The number of para-hydroxylation sites is 1. The quantitative estimate of drug-likeness (QED) is 0.569. The van der Waals surface area contributed by atoms with E-state index in [0.29, 0.717) is 31.1 Å². The Hall–Kier alpha value is -3.59. The van der Waals surface area contributed by atoms with Gasteiger partial charge in [-0.2, -0.15) is 0 Å². The lowest BCUT2D eigenvalue weighted by Gasteiger charge is -2.19. The monoisotopic (exact) mass is 456 g/mol. The van der Waals surface area contributed by atoms with Gasteiger partial charge in [0.2, 0.25) is 0 Å². The third kappa shape index (κ3) is 5.00. The Morgan fingerprint density at radius 2 is 1.72 bits per heavy atom. The Morgan fingerprint density at radius 3 is 2.53 bits per heavy atom. The zero-order valence-electron chi connectivity index (χ0n) is 17.0. The van der Waals surface area contributed by atoms with Crippen molar-refractivity contribution >= 4 is 21.6 Å². The van der Waals surface area contributed by atoms with Gasteiger partial charge < -0.3 is 14.8 Å². The molecule has 1 heterocycles. The van der Waals surface area contributed by atoms with Crippen molar-refractivity contribution in [3.8, 4) is 11.5 Å². The van der Waals surface area contributed by atoms with Crippen LogP contribution in [-0.4, -0.2) is 34.1 Å². The van der Waals surface area contributed by atoms with E-state index in [9.17, 15) is 17.6 Å². The second kappa shape index (κ2) is 9.27. The molecule has 32 heavy (non-hydrogen) atoms. The zero-order valence-corrected chi connectivity index (χ0v) is 17.8. The highest BCUT2D eigenvalue weighted by molar-refractivity contribution is 7.92. The molecule has 0 bridgehead atoms. The van der Waals surface area contributed by atoms with Crippen molar-refractivity contribution in [2.75, 3.05) is 24.5 Å². The van der Waals surface area contributed by atoms with Crippen molar-refractivity contribution < 1.29 is 27.1 Å². The van der Waals surface area contributed by atoms with E-state index < -0.39 is 15.9 Å². The molecular weight excluding hydrogens is 435 g/mol. The highest BCUT2D eigenvalue weighted by Crippen LogP contribution is 2.33. The maximum Gasteiger partial charge on any atom is 0.262 e. The van der Waals surface area contributed by atoms with E-state index in [1.54, 1.807) is 24.3 Å². The van der Waals surface area contributed by atoms with Crippen LogP contribution < -0.4 is 19.5 Å². The summed E-state index contributed by atoms with van der Waals surface area (Å²) in [6.45, 7) is 1.01. The number of sulfonamides is 1. The minimum atomic E-state index is -3.98. The minimum absolute atomic E-state index is 0.0111. The molecule has 7 nitrogen and oxygen atoms in total. The Kier molecular flexibility index (Phi) is 6.27. The number of hydrogen-bond acceptors (Lipinski definition) is 5. The van der Waals surface area contributed by atoms with Gasteiger partial charge in [0, 0.05) is 12.6 Å². The van der Waals surface area contributed by atoms with Gasteiger partial charge in [-0.3, -0.25) is 9.52 Å². The van der Waals surface area contributed by atoms with Gasteiger partial charge in [0.25, 0.3) is 15.9 Å². The van der Waals surface area contributed by atoms with E-state index in [4.69, 9.17) is 9.47 Å². The first-order valence-electron chi connectivity index (χ1n) is 9.96. The van der Waals surface area contributed by atoms with Crippen molar-refractivity contribution in [3.63, 3.8) is 0 Å². The molecule has 0 spiro atoms. The van der Waals surface area contributed by atoms with Crippen LogP contribution in [0.1, 0.15) is 15.9 Å². The normalized spacial score (nSPS) is 12.8. The van der Waals surface area contributed by atoms with Crippen LogP contribution >= 0.6 is 0 Å². The van der Waals surface area contributed by atoms with Gasteiger partial charge in [-0.25, -0.2) is 12.8 Å². The molecule has 3 aromatic rings. The summed E-state index contributed by atoms with van der Waals surface area (Å²) < 4.78 is 52.5. The number of ether oxygens (including phenoxy) is 2. The van der Waals surface area contributed by atoms with E-state index in [2.05, 4.69) is 10.0 Å². The van der Waals surface area contributed by atoms with Crippen LogP contribution in [0.15, 0.2) is 71.6 Å². The average molecular weight is 456 g/mol. The van der Waals surface area contributed by atoms with Gasteiger partial charge >= 0.3 is 0 Å². The second-order valence-corrected chi connectivity index (χ2v) is 8.77. The average Bonchev–Trinajstić information content (AvgIpc) is 2.79. The molecule has 4 rings (SSSR count). The summed E-state index contributed by atoms with van der Waals surface area (Å²) in [4.78, 5) is 12.7. The molecule has 0 radical (unpaired) electrons. The molecule has 2 N–H and O–H groups in total. The number of rotatable bonds is 7. The fourth-order valence-corrected chi connectivity index (χ4v) is 4.37. The van der Waals surface area contributed by atoms with Crippen LogP contribution in [0, 0.1) is 5.82 Å². The molecule has 1 aliphatic rings. The van der Waals surface area contributed by atoms with E-state index in [1.807, 2.05) is 0 Å². The highest BCUT2D eigenvalue weighted by Gasteiger charge is 2.21. The molecule has 0 saturated carbocycles. The molecule has 3 aromatic carbocycles. The molecule has 0 fully saturated rings. The van der Waals surface area contributed by atoms with Gasteiger partial charge in [0.1, 0.15) is 19.0 Å². The van der Waals surface area contributed by atoms with Crippen LogP contribution in [0.3, 0.4) is 0 Å². The van der Waals surface area contributed by atoms with Crippen LogP contribution in [0.5, 0.6) is 11.5 Å². The molecular formula is C23H21FN2O5S. The Balaban J connectivity index is 1.47. The van der Waals surface area contributed by atoms with Crippen molar-refractivity contribution in [2.24, 2.45) is 0 Å². The molecule has 166 valence electrons. The van der Waals surface area contributed by atoms with Crippen LogP contribution in [0.4, 0.5) is 10.1 Å². The standard InChI is InChI=1S/C23H21FN2O5S/c24-17-5-3-4-16(14-17)10-11-25-23(27)19-6-1-2-7-20(19)26-32(28,29)18-8-9-21-22(15-18)31-13-12-30-21/h1-9,14-15,26H,10-13H2,(H,25,27). The molecule has 0 unspecified atom stereocenters. The van der Waals surface area contributed by atoms with Gasteiger partial charge in [0.15, 0.2) is 11.5 Å². The van der Waals surface area contributed by atoms with E-state index in [-0.39, 0.29) is 28.5 Å². The largest absolute Gasteiger partial charge is 0.486 e. The predicted molar refractivity (Wildman–Crippen MR) is 117 cm³/mol. The summed E-state index contributed by atoms with van der Waals surface area (Å²) in [7, 11) is -3.98. The molecule has 1 amide bonds. The first kappa shape index (κ1) is 21.6. The zero-order chi connectivity index (χ0) is 22.6. The van der Waals surface area contributed by atoms with Gasteiger partial charge in [-0.05, 0) is 48.4 Å². The van der Waals surface area contributed by atoms with Gasteiger partial charge in [0.05, 0.1) is 16.1 Å². The Labute approximate surface area is 185 Å². The van der Waals surface area contributed by atoms with Crippen molar-refractivity contribution in [3.05, 3.63) is 83.7 Å². The Bertz CT molecular complexity index is 1250. The number of benzene rings is 3. The van der Waals surface area contributed by atoms with Crippen molar-refractivity contribution in [1.29, 1.82) is 0 Å². The molecule has 0 aromatic heterocycles. The second-order valence-electron chi connectivity index (χ2n) is 7.09. The summed E-state index contributed by atoms with van der Waals surface area (Å²) >= 11 is 0. The summed E-state index contributed by atoms with van der Waals surface area (Å²) in [5, 5.41) is 2.74. The summed E-state index contributed by atoms with van der Waals surface area (Å²) in [5.41, 5.74) is 1.07. The van der Waals surface area contributed by atoms with Gasteiger partial charge in [-0.1, -0.05) is 24.3 Å². The van der Waals surface area contributed by atoms with E-state index in [0.717, 1.165) is 5.56 Å². The number of amides is 1. The SMILES string of the molecule is O=C(NCCc1cccc(F)c1)c1ccccc1NS(=O)(=O)c1ccc2c(c1)OCCO2. The number of fused-ring (bicyclic) bond motifs is 1. The lowest BCUT2D eigenvalue weighted by molar-refractivity contribution is 0.0955. The first-order chi connectivity index (χ1) is 15.4. The summed E-state index contributed by atoms with van der Waals surface area (Å²) in [5.74, 6) is 0.0466. The number of carbonyl (C=O) groups is 1. The molecule has 1 aliphatic heterocycles. The third-order valence-corrected chi connectivity index (χ3v) is 6.19. The molecule has 0 atom stereocenters. The topological polar surface area (TPSA) is 93.7 Å². The minimum Gasteiger partial charge on any atom is -0.486 e. The molecule has 0 saturated heterocycles. The fraction of sp³-hybridized carbons (Fsp3) is 0.174. The maximum absolute atomic E-state index is 13.3.